The van der Waals surface area contributed by atoms with Gasteiger partial charge in [0.15, 0.2) is 0 Å². The fourth-order valence-electron chi connectivity index (χ4n) is 2.94. The first-order valence-corrected chi connectivity index (χ1v) is 17.1. The van der Waals surface area contributed by atoms with Crippen LogP contribution >= 0.6 is 0 Å². The van der Waals surface area contributed by atoms with Crippen LogP contribution in [-0.2, 0) is 56.8 Å². The van der Waals surface area contributed by atoms with Crippen LogP contribution in [0.4, 0.5) is 0 Å². The molecule has 0 aliphatic heterocycles. The van der Waals surface area contributed by atoms with Gasteiger partial charge in [0.2, 0.25) is 0 Å². The molecule has 25 heteroatoms. The molecule has 0 heterocycles. The van der Waals surface area contributed by atoms with Crippen molar-refractivity contribution in [1.29, 1.82) is 0 Å². The van der Waals surface area contributed by atoms with Gasteiger partial charge in [-0.3, -0.25) is 0 Å². The van der Waals surface area contributed by atoms with E-state index in [2.05, 4.69) is 94.8 Å². The number of aliphatic hydroxyl groups is 9. The third-order valence-corrected chi connectivity index (χ3v) is 5.38. The molecule has 0 amide bonds. The van der Waals surface area contributed by atoms with Crippen LogP contribution in [0.1, 0.15) is 12.8 Å². The summed E-state index contributed by atoms with van der Waals surface area (Å²) in [6.45, 7) is 2.98. The number of ether oxygens (including phenoxy) is 12. The molecule has 0 aliphatic rings. The molecule has 0 aromatic carbocycles. The van der Waals surface area contributed by atoms with Crippen LogP contribution in [0.3, 0.4) is 0 Å². The summed E-state index contributed by atoms with van der Waals surface area (Å²) in [5, 5.41) is 80.1. The van der Waals surface area contributed by atoms with E-state index in [4.69, 9.17) is 44.5 Å². The van der Waals surface area contributed by atoms with Gasteiger partial charge in [0.05, 0.1) is 83.4 Å². The maximum Gasteiger partial charge on any atom is 0.101 e. The van der Waals surface area contributed by atoms with Gasteiger partial charge in [0.25, 0.3) is 0 Å². The van der Waals surface area contributed by atoms with Gasteiger partial charge in [-0.2, -0.15) is 0 Å². The van der Waals surface area contributed by atoms with Gasteiger partial charge >= 0.3 is 0 Å². The third kappa shape index (κ3) is 77.6. The predicted octanol–water partition coefficient (Wildman–Crippen LogP) is -2.24. The Morgan fingerprint density at radius 2 is 0.433 bits per heavy atom. The molecule has 21 nitrogen and oxygen atoms in total. The molecule has 354 valence electrons. The minimum Gasteiger partial charge on any atom is -0.553 e. The first-order chi connectivity index (χ1) is 26.8. The SMILES string of the molecule is [CH2-]OCC(O)CCOCC(O)COCCO.[CH2-]OCC(O)CCOCC(O)COCCO.[CH2-]OCC(O)CO[CH2-].[CH2-]OCC(O)CO[CH2-].[CH2-]OCC(O)CO[CH2-].[Rf].[Rf].[Rf].[Rf]. The largest absolute Gasteiger partial charge is 0.553 e. The summed E-state index contributed by atoms with van der Waals surface area (Å²) in [5.74, 6) is 0. The number of rotatable bonds is 34. The Balaban J connectivity index is -0.0000000791. The van der Waals surface area contributed by atoms with Gasteiger partial charge < -0.3 is 103 Å². The van der Waals surface area contributed by atoms with Crippen molar-refractivity contribution >= 4 is 0 Å². The van der Waals surface area contributed by atoms with Crippen LogP contribution in [0, 0.1) is 56.9 Å². The van der Waals surface area contributed by atoms with Crippen molar-refractivity contribution in [3.63, 3.8) is 0 Å². The second-order valence-electron chi connectivity index (χ2n) is 10.9. The molecule has 9 N–H and O–H groups in total. The van der Waals surface area contributed by atoms with Crippen molar-refractivity contribution in [2.24, 2.45) is 0 Å². The Hall–Kier alpha value is -4.84. The fraction of sp³-hybridized carbons (Fsp3) is 0.771. The second kappa shape index (κ2) is 66.0. The molecule has 0 aliphatic carbocycles. The minimum absolute atomic E-state index is 0. The molecule has 0 aromatic heterocycles. The molecular formula is C35H72O21Rf4-8. The number of hydrogen-bond acceptors (Lipinski definition) is 21. The normalized spacial score (nSPS) is 12.2. The summed E-state index contributed by atoms with van der Waals surface area (Å²) in [4.78, 5) is 0. The van der Waals surface area contributed by atoms with E-state index in [9.17, 15) is 20.4 Å². The van der Waals surface area contributed by atoms with Crippen molar-refractivity contribution < 1.29 is 103 Å². The van der Waals surface area contributed by atoms with Crippen molar-refractivity contribution in [2.75, 3.05) is 119 Å². The van der Waals surface area contributed by atoms with E-state index in [0.717, 1.165) is 0 Å². The molecule has 4 atom stereocenters. The summed E-state index contributed by atoms with van der Waals surface area (Å²) >= 11 is 0. The van der Waals surface area contributed by atoms with Gasteiger partial charge in [-0.15, -0.1) is 0 Å². The van der Waals surface area contributed by atoms with Gasteiger partial charge in [-0.1, -0.05) is 0 Å². The van der Waals surface area contributed by atoms with E-state index in [1.165, 1.54) is 0 Å². The first-order valence-electron chi connectivity index (χ1n) is 17.1. The second-order valence-corrected chi connectivity index (χ2v) is 10.9. The Labute approximate surface area is 334 Å². The average Bonchev–Trinajstić information content (AvgIpc) is 3.14. The van der Waals surface area contributed by atoms with E-state index in [-0.39, 0.29) is 106 Å². The van der Waals surface area contributed by atoms with Crippen LogP contribution in [-0.4, -0.2) is 208 Å². The van der Waals surface area contributed by atoms with Gasteiger partial charge in [-0.25, -0.2) is 56.9 Å². The van der Waals surface area contributed by atoms with Crippen molar-refractivity contribution in [2.45, 2.75) is 55.6 Å². The first kappa shape index (κ1) is 75.9. The molecule has 0 saturated heterocycles. The van der Waals surface area contributed by atoms with E-state index >= 15 is 0 Å². The van der Waals surface area contributed by atoms with Crippen LogP contribution in [0.25, 0.3) is 0 Å². The zero-order valence-electron chi connectivity index (χ0n) is 35.6. The van der Waals surface area contributed by atoms with E-state index in [1.54, 1.807) is 0 Å². The quantitative estimate of drug-likeness (QED) is 0.0243. The van der Waals surface area contributed by atoms with Crippen molar-refractivity contribution in [1.82, 2.24) is 0 Å². The molecule has 0 fully saturated rings. The Kier molecular flexibility index (Phi) is 83.5. The zero-order valence-corrected chi connectivity index (χ0v) is 61.2. The smallest absolute Gasteiger partial charge is 0.101 e. The summed E-state index contributed by atoms with van der Waals surface area (Å²) in [5.41, 5.74) is 0. The molecular weight excluding hydrogens is 1820 g/mol. The maximum atomic E-state index is 9.32. The minimum atomic E-state index is -0.715. The molecule has 60 heavy (non-hydrogen) atoms. The molecule has 0 spiro atoms. The van der Waals surface area contributed by atoms with E-state index < -0.39 is 42.7 Å². The molecule has 4 unspecified atom stereocenters. The van der Waals surface area contributed by atoms with Crippen molar-refractivity contribution in [3.8, 4) is 0 Å². The topological polar surface area (TPSA) is 293 Å². The van der Waals surface area contributed by atoms with Crippen LogP contribution in [0.2, 0.25) is 0 Å². The van der Waals surface area contributed by atoms with Gasteiger partial charge in [0.1, 0.15) is 12.2 Å². The number of hydrogen-bond donors (Lipinski definition) is 9. The van der Waals surface area contributed by atoms with Crippen LogP contribution in [0.15, 0.2) is 0 Å². The monoisotopic (exact) mass is 1900 g/mol. The van der Waals surface area contributed by atoms with Gasteiger partial charge in [-0.05, 0) is 12.8 Å². The number of aliphatic hydroxyl groups excluding tert-OH is 9. The van der Waals surface area contributed by atoms with Gasteiger partial charge in [0, 0.05) is 66.1 Å². The molecule has 0 radical (unpaired) electrons. The molecule has 0 saturated carbocycles. The average molecular weight is 1900 g/mol. The molecule has 0 aromatic rings. The summed E-state index contributed by atoms with van der Waals surface area (Å²) in [6, 6.07) is 0. The predicted molar refractivity (Wildman–Crippen MR) is 199 cm³/mol. The third-order valence-electron chi connectivity index (χ3n) is 5.38. The Morgan fingerprint density at radius 1 is 0.267 bits per heavy atom. The van der Waals surface area contributed by atoms with Crippen molar-refractivity contribution in [3.05, 3.63) is 56.9 Å². The summed E-state index contributed by atoms with van der Waals surface area (Å²) in [6.07, 6.45) is -3.58. The van der Waals surface area contributed by atoms with Crippen LogP contribution in [0.5, 0.6) is 0 Å². The van der Waals surface area contributed by atoms with E-state index in [1.807, 2.05) is 0 Å². The maximum absolute atomic E-state index is 9.32. The summed E-state index contributed by atoms with van der Waals surface area (Å²) in [7, 11) is 24.7. The Bertz CT molecular complexity index is 599. The molecule has 0 rings (SSSR count). The summed E-state index contributed by atoms with van der Waals surface area (Å²) < 4.78 is 55.1. The fourth-order valence-corrected chi connectivity index (χ4v) is 2.94. The van der Waals surface area contributed by atoms with Crippen LogP contribution < -0.4 is 0 Å². The Morgan fingerprint density at radius 3 is 0.617 bits per heavy atom. The zero-order chi connectivity index (χ0) is 43.7. The standard InChI is InChI=1S/2C10H21O6.3C5H10O3.4Rf/c2*1-14-6-9(12)2-4-15-7-10(13)8-16-5-3-11;3*1-7-3-5(6)4-8-2;;;;/h2*9-13H,1-8H2;3*5-6H,1-4H2;;;;/q2*-1;3*-2;;;;. The molecule has 0 bridgehead atoms. The van der Waals surface area contributed by atoms with E-state index in [0.29, 0.717) is 26.1 Å².